The summed E-state index contributed by atoms with van der Waals surface area (Å²) in [5.41, 5.74) is 1.44. The van der Waals surface area contributed by atoms with Gasteiger partial charge in [0.1, 0.15) is 5.71 Å². The molecule has 1 fully saturated rings. The van der Waals surface area contributed by atoms with E-state index in [1.54, 1.807) is 31.3 Å². The van der Waals surface area contributed by atoms with Gasteiger partial charge in [-0.25, -0.2) is 9.97 Å². The maximum absolute atomic E-state index is 13.4. The van der Waals surface area contributed by atoms with Crippen molar-refractivity contribution >= 4 is 40.1 Å². The number of hydrogen-bond acceptors (Lipinski definition) is 6. The third-order valence-corrected chi connectivity index (χ3v) is 6.94. The summed E-state index contributed by atoms with van der Waals surface area (Å²) in [4.78, 5) is 37.1. The molecule has 5 rings (SSSR count). The highest BCUT2D eigenvalue weighted by Gasteiger charge is 2.40. The summed E-state index contributed by atoms with van der Waals surface area (Å²) in [5.74, 6) is 0.503. The Balaban J connectivity index is 1.28. The number of fused-ring (bicyclic) bond motifs is 1. The van der Waals surface area contributed by atoms with Crippen LogP contribution in [0, 0.1) is 12.8 Å². The number of halogens is 3. The number of aromatic nitrogens is 3. The number of aryl methyl sites for hydroxylation is 1. The minimum atomic E-state index is -4.56. The maximum atomic E-state index is 13.4. The van der Waals surface area contributed by atoms with Crippen molar-refractivity contribution in [3.63, 3.8) is 0 Å². The molecule has 8 nitrogen and oxygen atoms in total. The normalized spacial score (nSPS) is 16.0. The molecule has 198 valence electrons. The van der Waals surface area contributed by atoms with Crippen LogP contribution in [0.2, 0.25) is 0 Å². The second-order valence-corrected chi connectivity index (χ2v) is 9.65. The molecule has 0 spiro atoms. The number of hydrogen-bond donors (Lipinski definition) is 2. The van der Waals surface area contributed by atoms with Crippen LogP contribution >= 0.6 is 0 Å². The summed E-state index contributed by atoms with van der Waals surface area (Å²) in [7, 11) is 0. The van der Waals surface area contributed by atoms with E-state index in [2.05, 4.69) is 25.6 Å². The molecule has 2 N–H and O–H groups in total. The number of imidazole rings is 1. The number of Topliss-reactive ketones (excluding diaryl/α,β-unsaturated/α-hetero) is 1. The number of carbonyl (C=O) groups excluding carboxylic acids is 2. The van der Waals surface area contributed by atoms with Crippen molar-refractivity contribution in [2.45, 2.75) is 45.2 Å². The summed E-state index contributed by atoms with van der Waals surface area (Å²) in [6.45, 7) is 1.76. The minimum absolute atomic E-state index is 0.0140. The lowest BCUT2D eigenvalue weighted by atomic mass is 10.0. The van der Waals surface area contributed by atoms with E-state index >= 15 is 0 Å². The Morgan fingerprint density at radius 2 is 1.95 bits per heavy atom. The average Bonchev–Trinajstić information content (AvgIpc) is 3.63. The van der Waals surface area contributed by atoms with Crippen molar-refractivity contribution in [3.05, 3.63) is 59.7 Å². The molecule has 0 saturated heterocycles. The topological polar surface area (TPSA) is 101 Å². The van der Waals surface area contributed by atoms with Crippen LogP contribution in [0.3, 0.4) is 0 Å². The molecule has 0 bridgehead atoms. The summed E-state index contributed by atoms with van der Waals surface area (Å²) >= 11 is 0. The number of rotatable bonds is 8. The number of nitrogens with zero attached hydrogens (tertiary/aromatic N) is 4. The molecule has 1 saturated carbocycles. The highest BCUT2D eigenvalue weighted by atomic mass is 19.4. The lowest BCUT2D eigenvalue weighted by molar-refractivity contribution is -0.119. The molecular formula is C27H27F3N6O2. The van der Waals surface area contributed by atoms with Gasteiger partial charge in [0.05, 0.1) is 25.0 Å². The van der Waals surface area contributed by atoms with Crippen molar-refractivity contribution in [2.75, 3.05) is 18.4 Å². The van der Waals surface area contributed by atoms with Crippen LogP contribution in [0.1, 0.15) is 53.7 Å². The van der Waals surface area contributed by atoms with Gasteiger partial charge < -0.3 is 10.6 Å². The number of anilines is 2. The summed E-state index contributed by atoms with van der Waals surface area (Å²) < 4.78 is 41.7. The number of ketones is 1. The third-order valence-electron chi connectivity index (χ3n) is 6.94. The van der Waals surface area contributed by atoms with Gasteiger partial charge in [-0.1, -0.05) is 31.8 Å². The molecule has 0 radical (unpaired) electrons. The zero-order valence-electron chi connectivity index (χ0n) is 20.8. The number of benzene rings is 1. The molecular weight excluding hydrogens is 497 g/mol. The van der Waals surface area contributed by atoms with Crippen LogP contribution in [0.25, 0.3) is 11.2 Å². The lowest BCUT2D eigenvalue weighted by Gasteiger charge is -2.13. The van der Waals surface area contributed by atoms with Crippen molar-refractivity contribution in [1.82, 2.24) is 19.7 Å². The molecule has 0 atom stereocenters. The molecule has 38 heavy (non-hydrogen) atoms. The first kappa shape index (κ1) is 25.6. The van der Waals surface area contributed by atoms with E-state index < -0.39 is 11.9 Å². The Labute approximate surface area is 217 Å². The molecule has 1 aliphatic heterocycles. The zero-order valence-corrected chi connectivity index (χ0v) is 20.8. The lowest BCUT2D eigenvalue weighted by Crippen LogP contribution is -2.30. The van der Waals surface area contributed by atoms with Crippen molar-refractivity contribution in [1.29, 1.82) is 0 Å². The Hall–Kier alpha value is -4.02. The van der Waals surface area contributed by atoms with Gasteiger partial charge in [0.25, 0.3) is 5.91 Å². The van der Waals surface area contributed by atoms with Gasteiger partial charge in [0.15, 0.2) is 17.2 Å². The fourth-order valence-corrected chi connectivity index (χ4v) is 5.10. The van der Waals surface area contributed by atoms with E-state index in [0.29, 0.717) is 40.6 Å². The van der Waals surface area contributed by atoms with E-state index in [9.17, 15) is 22.8 Å². The van der Waals surface area contributed by atoms with Crippen LogP contribution in [0.5, 0.6) is 0 Å². The van der Waals surface area contributed by atoms with E-state index in [0.717, 1.165) is 12.8 Å². The highest BCUT2D eigenvalue weighted by molar-refractivity contribution is 6.27. The third kappa shape index (κ3) is 5.32. The molecule has 1 aliphatic carbocycles. The Morgan fingerprint density at radius 3 is 2.68 bits per heavy atom. The molecule has 11 heteroatoms. The average molecular weight is 525 g/mol. The number of amides is 1. The SMILES string of the molecule is Cc1cc(Nc2nccn3c(C4=CCN=C4C(F)(F)F)cnc23)ccc1C(=O)NCC(=O)CC1CCCC1. The molecule has 1 aromatic carbocycles. The van der Waals surface area contributed by atoms with Crippen LogP contribution in [0.15, 0.2) is 47.9 Å². The number of nitrogens with one attached hydrogen (secondary N) is 2. The van der Waals surface area contributed by atoms with Crippen LogP contribution in [-0.2, 0) is 4.79 Å². The maximum Gasteiger partial charge on any atom is 0.433 e. The smallest absolute Gasteiger partial charge is 0.345 e. The van der Waals surface area contributed by atoms with Gasteiger partial charge in [-0.15, -0.1) is 0 Å². The molecule has 2 aromatic heterocycles. The van der Waals surface area contributed by atoms with Crippen molar-refractivity contribution < 1.29 is 22.8 Å². The largest absolute Gasteiger partial charge is 0.433 e. The van der Waals surface area contributed by atoms with Crippen LogP contribution in [-0.4, -0.2) is 51.0 Å². The molecule has 1 amide bonds. The Bertz CT molecular complexity index is 1450. The standard InChI is InChI=1S/C27H27F3N6O2/c1-16-12-18(6-7-20(16)26(38)34-14-19(37)13-17-4-2-3-5-17)35-24-25-33-15-22(36(25)11-10-32-24)21-8-9-31-23(21)27(28,29)30/h6-8,10-12,15,17H,2-5,9,13-14H2,1H3,(H,32,35)(H,34,38). The van der Waals surface area contributed by atoms with Gasteiger partial charge in [-0.2, -0.15) is 13.2 Å². The number of allylic oxidation sites excluding steroid dienone is 1. The van der Waals surface area contributed by atoms with E-state index in [4.69, 9.17) is 0 Å². The molecule has 3 aromatic rings. The van der Waals surface area contributed by atoms with Crippen molar-refractivity contribution in [3.8, 4) is 0 Å². The van der Waals surface area contributed by atoms with Gasteiger partial charge >= 0.3 is 6.18 Å². The van der Waals surface area contributed by atoms with E-state index in [1.807, 2.05) is 0 Å². The quantitative estimate of drug-likeness (QED) is 0.429. The predicted octanol–water partition coefficient (Wildman–Crippen LogP) is 5.06. The summed E-state index contributed by atoms with van der Waals surface area (Å²) in [6.07, 6.45) is 6.26. The van der Waals surface area contributed by atoms with Crippen molar-refractivity contribution in [2.24, 2.45) is 10.9 Å². The van der Waals surface area contributed by atoms with E-state index in [1.165, 1.54) is 35.7 Å². The highest BCUT2D eigenvalue weighted by Crippen LogP contribution is 2.32. The summed E-state index contributed by atoms with van der Waals surface area (Å²) in [6, 6.07) is 5.12. The summed E-state index contributed by atoms with van der Waals surface area (Å²) in [5, 5.41) is 5.86. The Morgan fingerprint density at radius 1 is 1.16 bits per heavy atom. The van der Waals surface area contributed by atoms with Crippen LogP contribution in [0.4, 0.5) is 24.7 Å². The fraction of sp³-hybridized carbons (Fsp3) is 0.370. The minimum Gasteiger partial charge on any atom is -0.345 e. The molecule has 0 unspecified atom stereocenters. The van der Waals surface area contributed by atoms with Gasteiger partial charge in [0, 0.05) is 35.6 Å². The zero-order chi connectivity index (χ0) is 26.9. The molecule has 2 aliphatic rings. The number of aliphatic imine (C=N–C) groups is 1. The van der Waals surface area contributed by atoms with Gasteiger partial charge in [-0.05, 0) is 36.6 Å². The fourth-order valence-electron chi connectivity index (χ4n) is 5.10. The first-order chi connectivity index (χ1) is 18.2. The Kier molecular flexibility index (Phi) is 7.00. The first-order valence-corrected chi connectivity index (χ1v) is 12.5. The number of alkyl halides is 3. The second-order valence-electron chi connectivity index (χ2n) is 9.65. The number of carbonyl (C=O) groups is 2. The predicted molar refractivity (Wildman–Crippen MR) is 138 cm³/mol. The molecule has 3 heterocycles. The van der Waals surface area contributed by atoms with E-state index in [-0.39, 0.29) is 36.0 Å². The van der Waals surface area contributed by atoms with Gasteiger partial charge in [0.2, 0.25) is 0 Å². The van der Waals surface area contributed by atoms with Gasteiger partial charge in [-0.3, -0.25) is 19.0 Å². The first-order valence-electron chi connectivity index (χ1n) is 12.5. The second kappa shape index (κ2) is 10.4. The van der Waals surface area contributed by atoms with Crippen LogP contribution < -0.4 is 10.6 Å². The monoisotopic (exact) mass is 524 g/mol.